The van der Waals surface area contributed by atoms with Gasteiger partial charge >= 0.3 is 0 Å². The maximum absolute atomic E-state index is 8.75. The first kappa shape index (κ1) is 11.6. The largest absolute Gasteiger partial charge is 0.398 e. The second-order valence-corrected chi connectivity index (χ2v) is 4.13. The Hall–Kier alpha value is -0.475. The summed E-state index contributed by atoms with van der Waals surface area (Å²) in [5.74, 6) is 0. The minimum Gasteiger partial charge on any atom is -0.398 e. The highest BCUT2D eigenvalue weighted by Crippen LogP contribution is 2.26. The van der Waals surface area contributed by atoms with E-state index >= 15 is 0 Å². The molecule has 1 aromatic carbocycles. The second-order valence-electron chi connectivity index (χ2n) is 3.28. The highest BCUT2D eigenvalue weighted by molar-refractivity contribution is 9.10. The summed E-state index contributed by atoms with van der Waals surface area (Å²) in [4.78, 5) is 0. The Bertz CT molecular complexity index is 317. The van der Waals surface area contributed by atoms with E-state index in [1.54, 1.807) is 0 Å². The van der Waals surface area contributed by atoms with Crippen LogP contribution >= 0.6 is 15.9 Å². The van der Waals surface area contributed by atoms with Crippen molar-refractivity contribution in [1.82, 2.24) is 0 Å². The first-order valence-corrected chi connectivity index (χ1v) is 5.66. The normalized spacial score (nSPS) is 10.4. The first-order valence-electron chi connectivity index (χ1n) is 4.87. The zero-order valence-corrected chi connectivity index (χ0v) is 9.97. The number of aliphatic hydroxyl groups is 1. The number of benzene rings is 1. The van der Waals surface area contributed by atoms with Crippen molar-refractivity contribution >= 4 is 29.5 Å². The van der Waals surface area contributed by atoms with Crippen LogP contribution in [0.5, 0.6) is 0 Å². The second kappa shape index (κ2) is 5.42. The number of rotatable bonds is 4. The molecule has 0 aliphatic rings. The van der Waals surface area contributed by atoms with Gasteiger partial charge in [0.1, 0.15) is 7.85 Å². The van der Waals surface area contributed by atoms with Crippen LogP contribution in [0.2, 0.25) is 0 Å². The first-order chi connectivity index (χ1) is 6.70. The summed E-state index contributed by atoms with van der Waals surface area (Å²) in [6.07, 6.45) is 2.55. The Morgan fingerprint density at radius 1 is 1.43 bits per heavy atom. The van der Waals surface area contributed by atoms with Crippen molar-refractivity contribution in [2.45, 2.75) is 19.2 Å². The molecule has 3 N–H and O–H groups in total. The summed E-state index contributed by atoms with van der Waals surface area (Å²) in [6, 6.07) is 4.05. The fourth-order valence-electron chi connectivity index (χ4n) is 1.53. The lowest BCUT2D eigenvalue weighted by Crippen LogP contribution is -2.02. The predicted octanol–water partition coefficient (Wildman–Crippen LogP) is 1.09. The van der Waals surface area contributed by atoms with Crippen LogP contribution in [0.1, 0.15) is 17.5 Å². The fraction of sp³-hybridized carbons (Fsp3) is 0.400. The molecule has 1 aromatic rings. The van der Waals surface area contributed by atoms with Crippen molar-refractivity contribution in [3.63, 3.8) is 0 Å². The molecule has 0 aliphatic heterocycles. The van der Waals surface area contributed by atoms with Gasteiger partial charge in [-0.15, -0.1) is 0 Å². The van der Waals surface area contributed by atoms with Crippen LogP contribution in [0.15, 0.2) is 16.6 Å². The molecular weight excluding hydrogens is 241 g/mol. The molecule has 0 bridgehead atoms. The molecule has 4 heteroatoms. The van der Waals surface area contributed by atoms with Crippen LogP contribution in [0, 0.1) is 0 Å². The van der Waals surface area contributed by atoms with Crippen molar-refractivity contribution in [2.24, 2.45) is 0 Å². The average Bonchev–Trinajstić information content (AvgIpc) is 2.18. The molecule has 1 rings (SSSR count). The molecule has 0 aliphatic carbocycles. The molecule has 0 unspecified atom stereocenters. The van der Waals surface area contributed by atoms with E-state index in [0.717, 1.165) is 34.9 Å². The minimum atomic E-state index is 0.219. The minimum absolute atomic E-state index is 0.219. The van der Waals surface area contributed by atoms with Crippen LogP contribution in [-0.4, -0.2) is 19.6 Å². The fourth-order valence-corrected chi connectivity index (χ4v) is 2.16. The monoisotopic (exact) mass is 255 g/mol. The van der Waals surface area contributed by atoms with Crippen LogP contribution in [-0.2, 0) is 12.7 Å². The zero-order chi connectivity index (χ0) is 10.6. The van der Waals surface area contributed by atoms with Gasteiger partial charge in [-0.25, -0.2) is 0 Å². The number of nitrogen functional groups attached to an aromatic ring is 1. The standard InChI is InChI=1S/C10H15BBrNO/c11-6-8-9(12)4-3-7(10(8)13)2-1-5-14/h3-4,14H,1-2,5-6,11,13H2. The number of nitrogens with two attached hydrogens (primary N) is 1. The van der Waals surface area contributed by atoms with Gasteiger partial charge in [0, 0.05) is 16.8 Å². The molecular formula is C10H15BBrNO. The lowest BCUT2D eigenvalue weighted by atomic mass is 9.93. The van der Waals surface area contributed by atoms with Gasteiger partial charge in [-0.2, -0.15) is 0 Å². The Balaban J connectivity index is 2.96. The van der Waals surface area contributed by atoms with Gasteiger partial charge in [0.15, 0.2) is 0 Å². The van der Waals surface area contributed by atoms with Gasteiger partial charge in [0.25, 0.3) is 0 Å². The molecule has 0 amide bonds. The number of halogens is 1. The Labute approximate surface area is 94.0 Å². The number of hydrogen-bond acceptors (Lipinski definition) is 2. The summed E-state index contributed by atoms with van der Waals surface area (Å²) in [6.45, 7) is 0.219. The number of aliphatic hydroxyl groups excluding tert-OH is 1. The Morgan fingerprint density at radius 2 is 2.14 bits per heavy atom. The van der Waals surface area contributed by atoms with Gasteiger partial charge in [0.05, 0.1) is 0 Å². The molecule has 0 radical (unpaired) electrons. The Kier molecular flexibility index (Phi) is 4.49. The molecule has 76 valence electrons. The van der Waals surface area contributed by atoms with E-state index in [1.807, 2.05) is 12.1 Å². The zero-order valence-electron chi connectivity index (χ0n) is 8.39. The summed E-state index contributed by atoms with van der Waals surface area (Å²) >= 11 is 3.48. The quantitative estimate of drug-likeness (QED) is 0.625. The van der Waals surface area contributed by atoms with Gasteiger partial charge in [-0.3, -0.25) is 0 Å². The third-order valence-electron chi connectivity index (χ3n) is 2.35. The Morgan fingerprint density at radius 3 is 2.71 bits per heavy atom. The van der Waals surface area contributed by atoms with Crippen LogP contribution in [0.25, 0.3) is 0 Å². The van der Waals surface area contributed by atoms with E-state index in [4.69, 9.17) is 10.8 Å². The van der Waals surface area contributed by atoms with Crippen LogP contribution < -0.4 is 5.73 Å². The maximum Gasteiger partial charge on any atom is 0.107 e. The van der Waals surface area contributed by atoms with Crippen molar-refractivity contribution in [3.8, 4) is 0 Å². The van der Waals surface area contributed by atoms with E-state index in [1.165, 1.54) is 5.56 Å². The van der Waals surface area contributed by atoms with Crippen LogP contribution in [0.3, 0.4) is 0 Å². The van der Waals surface area contributed by atoms with E-state index in [0.29, 0.717) is 0 Å². The molecule has 0 heterocycles. The summed E-state index contributed by atoms with van der Waals surface area (Å²) in [5, 5.41) is 8.75. The number of hydrogen-bond donors (Lipinski definition) is 2. The van der Waals surface area contributed by atoms with Crippen molar-refractivity contribution in [3.05, 3.63) is 27.7 Å². The lowest BCUT2D eigenvalue weighted by Gasteiger charge is -2.11. The third-order valence-corrected chi connectivity index (χ3v) is 3.09. The summed E-state index contributed by atoms with van der Waals surface area (Å²) in [5.41, 5.74) is 9.20. The van der Waals surface area contributed by atoms with Crippen molar-refractivity contribution in [1.29, 1.82) is 0 Å². The third kappa shape index (κ3) is 2.52. The molecule has 0 saturated carbocycles. The molecule has 2 nitrogen and oxygen atoms in total. The SMILES string of the molecule is BCc1c(Br)ccc(CCCO)c1N. The highest BCUT2D eigenvalue weighted by atomic mass is 79.9. The summed E-state index contributed by atoms with van der Waals surface area (Å²) < 4.78 is 1.07. The predicted molar refractivity (Wildman–Crippen MR) is 66.2 cm³/mol. The number of anilines is 1. The molecule has 0 fully saturated rings. The molecule has 14 heavy (non-hydrogen) atoms. The van der Waals surface area contributed by atoms with Gasteiger partial charge in [0.2, 0.25) is 0 Å². The maximum atomic E-state index is 8.75. The van der Waals surface area contributed by atoms with E-state index in [2.05, 4.69) is 23.8 Å². The topological polar surface area (TPSA) is 46.2 Å². The average molecular weight is 256 g/mol. The molecule has 0 spiro atoms. The van der Waals surface area contributed by atoms with Crippen molar-refractivity contribution < 1.29 is 5.11 Å². The van der Waals surface area contributed by atoms with E-state index < -0.39 is 0 Å². The molecule has 0 saturated heterocycles. The van der Waals surface area contributed by atoms with Gasteiger partial charge in [-0.1, -0.05) is 28.3 Å². The van der Waals surface area contributed by atoms with E-state index in [-0.39, 0.29) is 6.61 Å². The lowest BCUT2D eigenvalue weighted by molar-refractivity contribution is 0.288. The number of aryl methyl sites for hydroxylation is 1. The van der Waals surface area contributed by atoms with Crippen molar-refractivity contribution in [2.75, 3.05) is 12.3 Å². The summed E-state index contributed by atoms with van der Waals surface area (Å²) in [7, 11) is 2.09. The highest BCUT2D eigenvalue weighted by Gasteiger charge is 2.06. The smallest absolute Gasteiger partial charge is 0.107 e. The molecule has 0 atom stereocenters. The molecule has 0 aromatic heterocycles. The van der Waals surface area contributed by atoms with Gasteiger partial charge < -0.3 is 10.8 Å². The van der Waals surface area contributed by atoms with E-state index in [9.17, 15) is 0 Å². The van der Waals surface area contributed by atoms with Gasteiger partial charge in [-0.05, 0) is 30.0 Å². The van der Waals surface area contributed by atoms with Crippen LogP contribution in [0.4, 0.5) is 5.69 Å².